The summed E-state index contributed by atoms with van der Waals surface area (Å²) in [5, 5.41) is 9.46. The van der Waals surface area contributed by atoms with Crippen LogP contribution in [0.1, 0.15) is 18.1 Å². The first-order chi connectivity index (χ1) is 10.8. The maximum Gasteiger partial charge on any atom is 0.278 e. The summed E-state index contributed by atoms with van der Waals surface area (Å²) in [7, 11) is 1.54. The number of hydrogen-bond acceptors (Lipinski definition) is 3. The number of nitrogens with one attached hydrogen (secondary N) is 3. The Hall–Kier alpha value is -2.41. The molecule has 23 heavy (non-hydrogen) atoms. The number of benzene rings is 1. The largest absolute Gasteiger partial charge is 0.354 e. The molecular weight excluding hydrogens is 296 g/mol. The lowest BCUT2D eigenvalue weighted by Gasteiger charge is -2.13. The summed E-state index contributed by atoms with van der Waals surface area (Å²) in [5.41, 5.74) is 2.71. The van der Waals surface area contributed by atoms with Crippen molar-refractivity contribution in [1.82, 2.24) is 10.6 Å². The van der Waals surface area contributed by atoms with E-state index < -0.39 is 6.04 Å². The van der Waals surface area contributed by atoms with Crippen LogP contribution in [0.25, 0.3) is 0 Å². The van der Waals surface area contributed by atoms with E-state index in [9.17, 15) is 14.4 Å². The zero-order chi connectivity index (χ0) is 17.4. The maximum atomic E-state index is 12.0. The Morgan fingerprint density at radius 3 is 2.30 bits per heavy atom. The van der Waals surface area contributed by atoms with E-state index in [0.29, 0.717) is 0 Å². The molecule has 0 aliphatic rings. The summed E-state index contributed by atoms with van der Waals surface area (Å²) < 4.78 is 0. The molecule has 1 atom stereocenters. The van der Waals surface area contributed by atoms with Gasteiger partial charge in [0.25, 0.3) is 11.8 Å². The number of para-hydroxylation sites is 1. The Morgan fingerprint density at radius 2 is 1.74 bits per heavy atom. The summed E-state index contributed by atoms with van der Waals surface area (Å²) in [6, 6.07) is 5.31. The SMILES string of the molecule is CNC(=O)C[NH2+][C@H](C)C(=O)NCC(=O)Nc1c(C)cccc1C. The molecule has 7 heteroatoms. The van der Waals surface area contributed by atoms with Gasteiger partial charge < -0.3 is 21.3 Å². The molecule has 0 spiro atoms. The normalized spacial score (nSPS) is 11.5. The van der Waals surface area contributed by atoms with Crippen LogP contribution in [0.2, 0.25) is 0 Å². The Morgan fingerprint density at radius 1 is 1.13 bits per heavy atom. The number of hydrogen-bond donors (Lipinski definition) is 4. The molecule has 7 nitrogen and oxygen atoms in total. The number of nitrogens with two attached hydrogens (primary N) is 1. The van der Waals surface area contributed by atoms with Crippen molar-refractivity contribution in [2.24, 2.45) is 0 Å². The van der Waals surface area contributed by atoms with Crippen LogP contribution in [0.15, 0.2) is 18.2 Å². The molecule has 0 radical (unpaired) electrons. The van der Waals surface area contributed by atoms with Gasteiger partial charge in [0.05, 0.1) is 6.54 Å². The number of rotatable bonds is 7. The van der Waals surface area contributed by atoms with Gasteiger partial charge in [-0.15, -0.1) is 0 Å². The van der Waals surface area contributed by atoms with Gasteiger partial charge in [-0.25, -0.2) is 0 Å². The van der Waals surface area contributed by atoms with Crippen molar-refractivity contribution in [3.05, 3.63) is 29.3 Å². The molecule has 5 N–H and O–H groups in total. The Labute approximate surface area is 136 Å². The topological polar surface area (TPSA) is 104 Å². The van der Waals surface area contributed by atoms with E-state index >= 15 is 0 Å². The summed E-state index contributed by atoms with van der Waals surface area (Å²) in [4.78, 5) is 35.0. The minimum atomic E-state index is -0.444. The molecule has 0 aromatic heterocycles. The fourth-order valence-corrected chi connectivity index (χ4v) is 2.02. The van der Waals surface area contributed by atoms with E-state index in [4.69, 9.17) is 0 Å². The molecule has 0 saturated heterocycles. The molecule has 0 aliphatic carbocycles. The van der Waals surface area contributed by atoms with E-state index in [1.54, 1.807) is 19.3 Å². The summed E-state index contributed by atoms with van der Waals surface area (Å²) in [6.07, 6.45) is 0. The van der Waals surface area contributed by atoms with E-state index in [0.717, 1.165) is 16.8 Å². The van der Waals surface area contributed by atoms with Crippen LogP contribution in [0.3, 0.4) is 0 Å². The number of quaternary nitrogens is 1. The smallest absolute Gasteiger partial charge is 0.278 e. The number of aryl methyl sites for hydroxylation is 2. The first-order valence-electron chi connectivity index (χ1n) is 7.52. The highest BCUT2D eigenvalue weighted by Crippen LogP contribution is 2.18. The summed E-state index contributed by atoms with van der Waals surface area (Å²) >= 11 is 0. The first-order valence-corrected chi connectivity index (χ1v) is 7.52. The van der Waals surface area contributed by atoms with Crippen molar-refractivity contribution in [1.29, 1.82) is 0 Å². The molecule has 0 saturated carbocycles. The zero-order valence-corrected chi connectivity index (χ0v) is 14.0. The maximum absolute atomic E-state index is 12.0. The average molecular weight is 321 g/mol. The van der Waals surface area contributed by atoms with Crippen molar-refractivity contribution in [2.45, 2.75) is 26.8 Å². The highest BCUT2D eigenvalue weighted by Gasteiger charge is 2.18. The molecule has 1 aromatic carbocycles. The fraction of sp³-hybridized carbons (Fsp3) is 0.438. The highest BCUT2D eigenvalue weighted by atomic mass is 16.2. The average Bonchev–Trinajstić information content (AvgIpc) is 2.53. The predicted octanol–water partition coefficient (Wildman–Crippen LogP) is -0.944. The number of carbonyl (C=O) groups excluding carboxylic acids is 3. The molecule has 0 heterocycles. The van der Waals surface area contributed by atoms with Gasteiger partial charge in [-0.05, 0) is 31.9 Å². The molecular formula is C16H25N4O3+. The Kier molecular flexibility index (Phi) is 7.21. The summed E-state index contributed by atoms with van der Waals surface area (Å²) in [6.45, 7) is 5.57. The van der Waals surface area contributed by atoms with Crippen LogP contribution in [-0.4, -0.2) is 43.9 Å². The van der Waals surface area contributed by atoms with Crippen LogP contribution in [0, 0.1) is 13.8 Å². The molecule has 0 unspecified atom stereocenters. The minimum Gasteiger partial charge on any atom is -0.354 e. The van der Waals surface area contributed by atoms with E-state index in [1.807, 2.05) is 32.0 Å². The number of anilines is 1. The number of likely N-dealkylation sites (N-methyl/N-ethyl adjacent to an activating group) is 1. The zero-order valence-electron chi connectivity index (χ0n) is 14.0. The van der Waals surface area contributed by atoms with Gasteiger partial charge in [-0.1, -0.05) is 18.2 Å². The molecule has 0 bridgehead atoms. The van der Waals surface area contributed by atoms with Crippen molar-refractivity contribution in [3.8, 4) is 0 Å². The van der Waals surface area contributed by atoms with E-state index in [2.05, 4.69) is 16.0 Å². The van der Waals surface area contributed by atoms with Crippen LogP contribution in [0.5, 0.6) is 0 Å². The molecule has 0 aliphatic heterocycles. The van der Waals surface area contributed by atoms with Crippen LogP contribution >= 0.6 is 0 Å². The van der Waals surface area contributed by atoms with Gasteiger partial charge in [0.2, 0.25) is 5.91 Å². The second-order valence-corrected chi connectivity index (χ2v) is 5.43. The minimum absolute atomic E-state index is 0.106. The second kappa shape index (κ2) is 8.89. The van der Waals surface area contributed by atoms with Crippen molar-refractivity contribution >= 4 is 23.4 Å². The molecule has 3 amide bonds. The van der Waals surface area contributed by atoms with Crippen molar-refractivity contribution in [3.63, 3.8) is 0 Å². The van der Waals surface area contributed by atoms with E-state index in [-0.39, 0.29) is 30.8 Å². The summed E-state index contributed by atoms with van der Waals surface area (Å²) in [5.74, 6) is -0.725. The Bertz CT molecular complexity index is 566. The monoisotopic (exact) mass is 321 g/mol. The lowest BCUT2D eigenvalue weighted by atomic mass is 10.1. The first kappa shape index (κ1) is 18.6. The lowest BCUT2D eigenvalue weighted by molar-refractivity contribution is -0.663. The third-order valence-electron chi connectivity index (χ3n) is 3.52. The standard InChI is InChI=1S/C16H24N4O3/c1-10-6-5-7-11(2)15(10)20-14(22)9-19-16(23)12(3)18-8-13(21)17-4/h5-7,12,18H,8-9H2,1-4H3,(H,17,21)(H,19,23)(H,20,22)/p+1/t12-/m1/s1. The highest BCUT2D eigenvalue weighted by molar-refractivity contribution is 5.96. The third-order valence-corrected chi connectivity index (χ3v) is 3.52. The van der Waals surface area contributed by atoms with Gasteiger partial charge >= 0.3 is 0 Å². The van der Waals surface area contributed by atoms with E-state index in [1.165, 1.54) is 0 Å². The van der Waals surface area contributed by atoms with Crippen LogP contribution < -0.4 is 21.3 Å². The van der Waals surface area contributed by atoms with Gasteiger partial charge in [0, 0.05) is 12.7 Å². The fourth-order valence-electron chi connectivity index (χ4n) is 2.02. The predicted molar refractivity (Wildman–Crippen MR) is 87.9 cm³/mol. The number of amides is 3. The molecule has 1 rings (SSSR count). The third kappa shape index (κ3) is 6.07. The molecule has 0 fully saturated rings. The molecule has 126 valence electrons. The van der Waals surface area contributed by atoms with Crippen molar-refractivity contribution < 1.29 is 19.7 Å². The van der Waals surface area contributed by atoms with Crippen molar-refractivity contribution in [2.75, 3.05) is 25.5 Å². The van der Waals surface area contributed by atoms with Crippen LogP contribution in [0.4, 0.5) is 5.69 Å². The van der Waals surface area contributed by atoms with Gasteiger partial charge in [-0.2, -0.15) is 0 Å². The van der Waals surface area contributed by atoms with Gasteiger partial charge in [0.1, 0.15) is 0 Å². The van der Waals surface area contributed by atoms with Crippen LogP contribution in [-0.2, 0) is 14.4 Å². The Balaban J connectivity index is 2.43. The van der Waals surface area contributed by atoms with Gasteiger partial charge in [0.15, 0.2) is 12.6 Å². The quantitative estimate of drug-likeness (QED) is 0.521. The lowest BCUT2D eigenvalue weighted by Crippen LogP contribution is -2.93. The number of carbonyl (C=O) groups is 3. The van der Waals surface area contributed by atoms with Gasteiger partial charge in [-0.3, -0.25) is 14.4 Å². The second-order valence-electron chi connectivity index (χ2n) is 5.43. The molecule has 1 aromatic rings.